The number of nitrogens with two attached hydrogens (primary N) is 1. The normalized spacial score (nSPS) is 20.7. The van der Waals surface area contributed by atoms with E-state index in [1.165, 1.54) is 19.4 Å². The molecule has 0 radical (unpaired) electrons. The maximum Gasteiger partial charge on any atom is 0.222 e. The average Bonchev–Trinajstić information content (AvgIpc) is 2.72. The SMILES string of the molecule is CCN1CCCC1CNc1cc(C)nc(N)n1. The van der Waals surface area contributed by atoms with Crippen LogP contribution in [0.3, 0.4) is 0 Å². The second kappa shape index (κ2) is 5.31. The van der Waals surface area contributed by atoms with Gasteiger partial charge in [-0.3, -0.25) is 4.90 Å². The lowest BCUT2D eigenvalue weighted by molar-refractivity contribution is 0.277. The first-order chi connectivity index (χ1) is 8.19. The molecule has 0 aromatic carbocycles. The molecule has 1 aromatic rings. The molecule has 2 heterocycles. The van der Waals surface area contributed by atoms with Crippen molar-refractivity contribution in [1.82, 2.24) is 14.9 Å². The zero-order chi connectivity index (χ0) is 12.3. The fourth-order valence-electron chi connectivity index (χ4n) is 2.45. The van der Waals surface area contributed by atoms with E-state index in [1.807, 2.05) is 13.0 Å². The molecule has 0 bridgehead atoms. The smallest absolute Gasteiger partial charge is 0.222 e. The maximum atomic E-state index is 5.62. The molecule has 1 aliphatic heterocycles. The first-order valence-electron chi connectivity index (χ1n) is 6.28. The van der Waals surface area contributed by atoms with Crippen molar-refractivity contribution in [1.29, 1.82) is 0 Å². The van der Waals surface area contributed by atoms with Crippen LogP contribution in [0.5, 0.6) is 0 Å². The van der Waals surface area contributed by atoms with Crippen LogP contribution in [0.15, 0.2) is 6.07 Å². The van der Waals surface area contributed by atoms with E-state index in [4.69, 9.17) is 5.73 Å². The standard InChI is InChI=1S/C12H21N5/c1-3-17-6-4-5-10(17)8-14-11-7-9(2)15-12(13)16-11/h7,10H,3-6,8H2,1-2H3,(H3,13,14,15,16). The lowest BCUT2D eigenvalue weighted by Gasteiger charge is -2.23. The second-order valence-electron chi connectivity index (χ2n) is 4.56. The van der Waals surface area contributed by atoms with Gasteiger partial charge in [-0.25, -0.2) is 4.98 Å². The molecule has 1 unspecified atom stereocenters. The Hall–Kier alpha value is -1.36. The summed E-state index contributed by atoms with van der Waals surface area (Å²) in [7, 11) is 0. The van der Waals surface area contributed by atoms with Gasteiger partial charge in [-0.2, -0.15) is 4.98 Å². The van der Waals surface area contributed by atoms with E-state index in [0.717, 1.165) is 24.6 Å². The Balaban J connectivity index is 1.93. The van der Waals surface area contributed by atoms with Gasteiger partial charge >= 0.3 is 0 Å². The Bertz CT molecular complexity index is 359. The summed E-state index contributed by atoms with van der Waals surface area (Å²) in [5.74, 6) is 1.17. The van der Waals surface area contributed by atoms with Crippen LogP contribution in [0.2, 0.25) is 0 Å². The molecule has 94 valence electrons. The summed E-state index contributed by atoms with van der Waals surface area (Å²) in [6.07, 6.45) is 2.56. The summed E-state index contributed by atoms with van der Waals surface area (Å²) in [5.41, 5.74) is 6.53. The number of aryl methyl sites for hydroxylation is 1. The molecule has 0 saturated carbocycles. The van der Waals surface area contributed by atoms with Crippen molar-refractivity contribution >= 4 is 11.8 Å². The Kier molecular flexibility index (Phi) is 3.78. The highest BCUT2D eigenvalue weighted by Crippen LogP contribution is 2.17. The largest absolute Gasteiger partial charge is 0.368 e. The van der Waals surface area contributed by atoms with Crippen molar-refractivity contribution in [3.8, 4) is 0 Å². The predicted octanol–water partition coefficient (Wildman–Crippen LogP) is 1.26. The first-order valence-corrected chi connectivity index (χ1v) is 6.28. The second-order valence-corrected chi connectivity index (χ2v) is 4.56. The number of rotatable bonds is 4. The fraction of sp³-hybridized carbons (Fsp3) is 0.667. The van der Waals surface area contributed by atoms with Gasteiger partial charge < -0.3 is 11.1 Å². The molecule has 1 aliphatic rings. The third-order valence-electron chi connectivity index (χ3n) is 3.30. The summed E-state index contributed by atoms with van der Waals surface area (Å²) in [6, 6.07) is 2.55. The van der Waals surface area contributed by atoms with Crippen molar-refractivity contribution in [2.24, 2.45) is 0 Å². The summed E-state index contributed by atoms with van der Waals surface area (Å²) in [5, 5.41) is 3.36. The van der Waals surface area contributed by atoms with Crippen molar-refractivity contribution < 1.29 is 0 Å². The van der Waals surface area contributed by atoms with Crippen LogP contribution in [0.4, 0.5) is 11.8 Å². The van der Waals surface area contributed by atoms with Crippen LogP contribution in [0.1, 0.15) is 25.5 Å². The van der Waals surface area contributed by atoms with Crippen molar-refractivity contribution in [3.05, 3.63) is 11.8 Å². The van der Waals surface area contributed by atoms with Crippen LogP contribution >= 0.6 is 0 Å². The van der Waals surface area contributed by atoms with Crippen LogP contribution < -0.4 is 11.1 Å². The van der Waals surface area contributed by atoms with E-state index in [2.05, 4.69) is 27.1 Å². The molecule has 1 atom stereocenters. The van der Waals surface area contributed by atoms with Crippen molar-refractivity contribution in [3.63, 3.8) is 0 Å². The van der Waals surface area contributed by atoms with E-state index in [9.17, 15) is 0 Å². The number of nitrogen functional groups attached to an aromatic ring is 1. The van der Waals surface area contributed by atoms with Crippen LogP contribution in [-0.2, 0) is 0 Å². The summed E-state index contributed by atoms with van der Waals surface area (Å²) in [4.78, 5) is 10.7. The number of anilines is 2. The quantitative estimate of drug-likeness (QED) is 0.822. The van der Waals surface area contributed by atoms with E-state index < -0.39 is 0 Å². The predicted molar refractivity (Wildman–Crippen MR) is 69.9 cm³/mol. The molecule has 1 aromatic heterocycles. The van der Waals surface area contributed by atoms with E-state index in [1.54, 1.807) is 0 Å². The van der Waals surface area contributed by atoms with Crippen molar-refractivity contribution in [2.75, 3.05) is 30.7 Å². The number of nitrogens with zero attached hydrogens (tertiary/aromatic N) is 3. The minimum absolute atomic E-state index is 0.339. The highest BCUT2D eigenvalue weighted by Gasteiger charge is 2.22. The van der Waals surface area contributed by atoms with Gasteiger partial charge in [0.05, 0.1) is 0 Å². The van der Waals surface area contributed by atoms with Gasteiger partial charge in [-0.1, -0.05) is 6.92 Å². The third kappa shape index (κ3) is 3.06. The van der Waals surface area contributed by atoms with Gasteiger partial charge in [0.15, 0.2) is 0 Å². The molecule has 0 amide bonds. The molecule has 1 saturated heterocycles. The number of likely N-dealkylation sites (N-methyl/N-ethyl adjacent to an activating group) is 1. The summed E-state index contributed by atoms with van der Waals surface area (Å²) >= 11 is 0. The molecular formula is C12H21N5. The molecular weight excluding hydrogens is 214 g/mol. The maximum absolute atomic E-state index is 5.62. The monoisotopic (exact) mass is 235 g/mol. The van der Waals surface area contributed by atoms with E-state index >= 15 is 0 Å². The highest BCUT2D eigenvalue weighted by molar-refractivity contribution is 5.40. The van der Waals surface area contributed by atoms with Gasteiger partial charge in [0.2, 0.25) is 5.95 Å². The van der Waals surface area contributed by atoms with Gasteiger partial charge in [0, 0.05) is 24.3 Å². The average molecular weight is 235 g/mol. The van der Waals surface area contributed by atoms with Crippen LogP contribution in [0, 0.1) is 6.92 Å². The first kappa shape index (κ1) is 12.1. The number of hydrogen-bond acceptors (Lipinski definition) is 5. The Morgan fingerprint density at radius 2 is 2.35 bits per heavy atom. The Labute approximate surface area is 102 Å². The molecule has 0 spiro atoms. The van der Waals surface area contributed by atoms with Crippen LogP contribution in [0.25, 0.3) is 0 Å². The Morgan fingerprint density at radius 3 is 3.06 bits per heavy atom. The molecule has 5 nitrogen and oxygen atoms in total. The van der Waals surface area contributed by atoms with Gasteiger partial charge in [-0.05, 0) is 32.9 Å². The van der Waals surface area contributed by atoms with Gasteiger partial charge in [0.25, 0.3) is 0 Å². The molecule has 5 heteroatoms. The molecule has 0 aliphatic carbocycles. The lowest BCUT2D eigenvalue weighted by atomic mass is 10.2. The van der Waals surface area contributed by atoms with Crippen molar-refractivity contribution in [2.45, 2.75) is 32.7 Å². The number of nitrogens with one attached hydrogen (secondary N) is 1. The molecule has 3 N–H and O–H groups in total. The number of aromatic nitrogens is 2. The fourth-order valence-corrected chi connectivity index (χ4v) is 2.45. The third-order valence-corrected chi connectivity index (χ3v) is 3.30. The minimum Gasteiger partial charge on any atom is -0.368 e. The lowest BCUT2D eigenvalue weighted by Crippen LogP contribution is -2.34. The Morgan fingerprint density at radius 1 is 1.53 bits per heavy atom. The van der Waals surface area contributed by atoms with E-state index in [-0.39, 0.29) is 0 Å². The van der Waals surface area contributed by atoms with Gasteiger partial charge in [0.1, 0.15) is 5.82 Å². The number of likely N-dealkylation sites (tertiary alicyclic amines) is 1. The summed E-state index contributed by atoms with van der Waals surface area (Å²) < 4.78 is 0. The zero-order valence-electron chi connectivity index (χ0n) is 10.6. The topological polar surface area (TPSA) is 67.1 Å². The van der Waals surface area contributed by atoms with Gasteiger partial charge in [-0.15, -0.1) is 0 Å². The number of hydrogen-bond donors (Lipinski definition) is 2. The highest BCUT2D eigenvalue weighted by atomic mass is 15.2. The van der Waals surface area contributed by atoms with Crippen LogP contribution in [-0.4, -0.2) is 40.5 Å². The van der Waals surface area contributed by atoms with E-state index in [0.29, 0.717) is 12.0 Å². The minimum atomic E-state index is 0.339. The summed E-state index contributed by atoms with van der Waals surface area (Å²) in [6.45, 7) is 7.41. The molecule has 1 fully saturated rings. The molecule has 2 rings (SSSR count). The zero-order valence-corrected chi connectivity index (χ0v) is 10.6. The molecule has 17 heavy (non-hydrogen) atoms.